The first-order valence-corrected chi connectivity index (χ1v) is 7.14. The van der Waals surface area contributed by atoms with Crippen molar-refractivity contribution in [2.75, 3.05) is 6.61 Å². The van der Waals surface area contributed by atoms with Crippen LogP contribution in [0.15, 0.2) is 18.2 Å². The predicted molar refractivity (Wildman–Crippen MR) is 77.1 cm³/mol. The Kier molecular flexibility index (Phi) is 4.89. The molecule has 6 heteroatoms. The molecule has 1 aliphatic carbocycles. The van der Waals surface area contributed by atoms with Crippen LogP contribution in [0.2, 0.25) is 10.0 Å². The summed E-state index contributed by atoms with van der Waals surface area (Å²) in [6.07, 6.45) is 2.28. The summed E-state index contributed by atoms with van der Waals surface area (Å²) in [5.74, 6) is -0.385. The lowest BCUT2D eigenvalue weighted by Gasteiger charge is -2.13. The zero-order valence-electron chi connectivity index (χ0n) is 11.0. The Balaban J connectivity index is 1.83. The normalized spacial score (nSPS) is 15.6. The van der Waals surface area contributed by atoms with Gasteiger partial charge in [0, 0.05) is 11.1 Å². The third-order valence-electron chi connectivity index (χ3n) is 3.20. The van der Waals surface area contributed by atoms with Gasteiger partial charge in [0.25, 0.3) is 5.91 Å². The molecular formula is C14H15Cl2NO3. The Morgan fingerprint density at radius 3 is 2.70 bits per heavy atom. The summed E-state index contributed by atoms with van der Waals surface area (Å²) < 4.78 is 4.93. The predicted octanol–water partition coefficient (Wildman–Crippen LogP) is 3.06. The number of amides is 1. The van der Waals surface area contributed by atoms with Gasteiger partial charge in [0.1, 0.15) is 0 Å². The molecule has 0 radical (unpaired) electrons. The molecule has 0 heterocycles. The highest BCUT2D eigenvalue weighted by molar-refractivity contribution is 6.36. The molecule has 1 atom stereocenters. The van der Waals surface area contributed by atoms with Crippen LogP contribution < -0.4 is 5.32 Å². The summed E-state index contributed by atoms with van der Waals surface area (Å²) in [6.45, 7) is 1.64. The molecule has 1 aromatic rings. The minimum Gasteiger partial charge on any atom is -0.452 e. The number of carbonyl (C=O) groups excluding carboxylic acids is 2. The summed E-state index contributed by atoms with van der Waals surface area (Å²) >= 11 is 11.6. The highest BCUT2D eigenvalue weighted by atomic mass is 35.5. The fraction of sp³-hybridized carbons (Fsp3) is 0.429. The molecule has 108 valence electrons. The third-order valence-corrected chi connectivity index (χ3v) is 3.75. The van der Waals surface area contributed by atoms with Crippen molar-refractivity contribution in [1.29, 1.82) is 0 Å². The van der Waals surface area contributed by atoms with Crippen molar-refractivity contribution in [3.63, 3.8) is 0 Å². The highest BCUT2D eigenvalue weighted by Gasteiger charge is 2.29. The van der Waals surface area contributed by atoms with Crippen LogP contribution in [0.5, 0.6) is 0 Å². The van der Waals surface area contributed by atoms with Crippen LogP contribution in [0.4, 0.5) is 0 Å². The number of nitrogens with one attached hydrogen (secondary N) is 1. The molecule has 1 aliphatic rings. The second-order valence-electron chi connectivity index (χ2n) is 4.89. The molecule has 1 saturated carbocycles. The van der Waals surface area contributed by atoms with Gasteiger partial charge in [-0.05, 0) is 43.9 Å². The summed E-state index contributed by atoms with van der Waals surface area (Å²) in [7, 11) is 0. The van der Waals surface area contributed by atoms with Crippen molar-refractivity contribution in [2.24, 2.45) is 5.92 Å². The molecule has 1 amide bonds. The number of esters is 1. The molecule has 1 aromatic carbocycles. The maximum atomic E-state index is 11.8. The van der Waals surface area contributed by atoms with Gasteiger partial charge < -0.3 is 10.1 Å². The van der Waals surface area contributed by atoms with Crippen molar-refractivity contribution < 1.29 is 14.3 Å². The van der Waals surface area contributed by atoms with E-state index in [1.807, 2.05) is 6.92 Å². The molecular weight excluding hydrogens is 301 g/mol. The van der Waals surface area contributed by atoms with Crippen LogP contribution in [0.1, 0.15) is 30.1 Å². The van der Waals surface area contributed by atoms with Gasteiger partial charge in [-0.1, -0.05) is 23.2 Å². The smallest absolute Gasteiger partial charge is 0.340 e. The number of hydrogen-bond acceptors (Lipinski definition) is 3. The molecule has 0 aromatic heterocycles. The number of halogens is 2. The van der Waals surface area contributed by atoms with E-state index in [0.717, 1.165) is 12.8 Å². The van der Waals surface area contributed by atoms with Crippen LogP contribution in [0.3, 0.4) is 0 Å². The first-order valence-electron chi connectivity index (χ1n) is 6.39. The van der Waals surface area contributed by atoms with Gasteiger partial charge in [0.2, 0.25) is 0 Å². The second-order valence-corrected chi connectivity index (χ2v) is 5.74. The molecule has 0 aliphatic heterocycles. The number of hydrogen-bond donors (Lipinski definition) is 1. The molecule has 4 nitrogen and oxygen atoms in total. The summed E-state index contributed by atoms with van der Waals surface area (Å²) in [6, 6.07) is 4.59. The zero-order valence-corrected chi connectivity index (χ0v) is 12.5. The lowest BCUT2D eigenvalue weighted by Crippen LogP contribution is -2.37. The summed E-state index contributed by atoms with van der Waals surface area (Å²) in [4.78, 5) is 23.4. The quantitative estimate of drug-likeness (QED) is 0.850. The number of rotatable bonds is 5. The van der Waals surface area contributed by atoms with Crippen LogP contribution in [-0.2, 0) is 9.53 Å². The Labute approximate surface area is 127 Å². The zero-order chi connectivity index (χ0) is 14.7. The minimum absolute atomic E-state index is 0.125. The Hall–Kier alpha value is -1.26. The van der Waals surface area contributed by atoms with Gasteiger partial charge in [0.15, 0.2) is 6.61 Å². The largest absolute Gasteiger partial charge is 0.452 e. The molecule has 0 bridgehead atoms. The molecule has 0 saturated heterocycles. The number of ether oxygens (including phenoxy) is 1. The van der Waals surface area contributed by atoms with Crippen LogP contribution >= 0.6 is 23.2 Å². The lowest BCUT2D eigenvalue weighted by atomic mass is 10.2. The second kappa shape index (κ2) is 6.46. The van der Waals surface area contributed by atoms with Crippen LogP contribution in [0, 0.1) is 5.92 Å². The lowest BCUT2D eigenvalue weighted by molar-refractivity contribution is -0.124. The van der Waals surface area contributed by atoms with Crippen molar-refractivity contribution in [3.8, 4) is 0 Å². The Morgan fingerprint density at radius 2 is 2.10 bits per heavy atom. The molecule has 20 heavy (non-hydrogen) atoms. The van der Waals surface area contributed by atoms with E-state index in [0.29, 0.717) is 10.9 Å². The van der Waals surface area contributed by atoms with E-state index in [4.69, 9.17) is 27.9 Å². The fourth-order valence-electron chi connectivity index (χ4n) is 1.87. The van der Waals surface area contributed by atoms with Crippen molar-refractivity contribution in [3.05, 3.63) is 33.8 Å². The van der Waals surface area contributed by atoms with Gasteiger partial charge in [-0.2, -0.15) is 0 Å². The van der Waals surface area contributed by atoms with Gasteiger partial charge in [-0.15, -0.1) is 0 Å². The van der Waals surface area contributed by atoms with E-state index in [-0.39, 0.29) is 29.1 Å². The molecule has 2 rings (SSSR count). The van der Waals surface area contributed by atoms with E-state index in [1.54, 1.807) is 6.07 Å². The van der Waals surface area contributed by atoms with Crippen molar-refractivity contribution in [1.82, 2.24) is 5.32 Å². The van der Waals surface area contributed by atoms with E-state index in [1.165, 1.54) is 12.1 Å². The summed E-state index contributed by atoms with van der Waals surface area (Å²) in [5.41, 5.74) is 0.194. The van der Waals surface area contributed by atoms with Gasteiger partial charge in [-0.3, -0.25) is 4.79 Å². The van der Waals surface area contributed by atoms with Crippen molar-refractivity contribution in [2.45, 2.75) is 25.8 Å². The Bertz CT molecular complexity index is 529. The first kappa shape index (κ1) is 15.1. The molecule has 1 fully saturated rings. The average Bonchev–Trinajstić information content (AvgIpc) is 3.20. The van der Waals surface area contributed by atoms with Gasteiger partial charge in [-0.25, -0.2) is 4.79 Å². The van der Waals surface area contributed by atoms with E-state index in [9.17, 15) is 9.59 Å². The minimum atomic E-state index is -0.638. The fourth-order valence-corrected chi connectivity index (χ4v) is 2.36. The molecule has 0 unspecified atom stereocenters. The molecule has 1 N–H and O–H groups in total. The van der Waals surface area contributed by atoms with E-state index in [2.05, 4.69) is 5.32 Å². The van der Waals surface area contributed by atoms with Gasteiger partial charge >= 0.3 is 5.97 Å². The van der Waals surface area contributed by atoms with E-state index < -0.39 is 5.97 Å². The third kappa shape index (κ3) is 4.12. The van der Waals surface area contributed by atoms with Crippen LogP contribution in [0.25, 0.3) is 0 Å². The average molecular weight is 316 g/mol. The maximum Gasteiger partial charge on any atom is 0.340 e. The SMILES string of the molecule is C[C@H](NC(=O)COC(=O)c1ccc(Cl)cc1Cl)C1CC1. The molecule has 0 spiro atoms. The topological polar surface area (TPSA) is 55.4 Å². The Morgan fingerprint density at radius 1 is 1.40 bits per heavy atom. The maximum absolute atomic E-state index is 11.8. The summed E-state index contributed by atoms with van der Waals surface area (Å²) in [5, 5.41) is 3.44. The monoisotopic (exact) mass is 315 g/mol. The van der Waals surface area contributed by atoms with Gasteiger partial charge in [0.05, 0.1) is 10.6 Å². The number of carbonyl (C=O) groups is 2. The van der Waals surface area contributed by atoms with E-state index >= 15 is 0 Å². The standard InChI is InChI=1S/C14H15Cl2NO3/c1-8(9-2-3-9)17-13(18)7-20-14(19)11-5-4-10(15)6-12(11)16/h4-6,8-9H,2-3,7H2,1H3,(H,17,18)/t8-/m0/s1. The highest BCUT2D eigenvalue weighted by Crippen LogP contribution is 2.32. The number of benzene rings is 1. The van der Waals surface area contributed by atoms with Crippen molar-refractivity contribution >= 4 is 35.1 Å². The first-order chi connectivity index (χ1) is 9.47. The van der Waals surface area contributed by atoms with Crippen LogP contribution in [-0.4, -0.2) is 24.5 Å².